The Morgan fingerprint density at radius 2 is 1.75 bits per heavy atom. The fourth-order valence-corrected chi connectivity index (χ4v) is 2.04. The van der Waals surface area contributed by atoms with Crippen LogP contribution in [0.1, 0.15) is 21.1 Å². The molecule has 0 atom stereocenters. The van der Waals surface area contributed by atoms with Gasteiger partial charge in [0.1, 0.15) is 0 Å². The van der Waals surface area contributed by atoms with E-state index in [1.807, 2.05) is 50.3 Å². The smallest absolute Gasteiger partial charge is 0.0899 e. The average Bonchev–Trinajstić information content (AvgIpc) is 2.58. The molecule has 16 heavy (non-hydrogen) atoms. The second kappa shape index (κ2) is 6.23. The number of hydrogen-bond donors (Lipinski definition) is 0. The largest absolute Gasteiger partial charge is 0.247 e. The first-order chi connectivity index (χ1) is 7.63. The van der Waals surface area contributed by atoms with Crippen LogP contribution in [0.4, 0.5) is 0 Å². The number of thiazole rings is 1. The fraction of sp³-hybridized carbons (Fsp3) is 0.214. The Morgan fingerprint density at radius 1 is 1.12 bits per heavy atom. The molecule has 0 aliphatic carbocycles. The molecule has 1 heterocycles. The molecule has 0 unspecified atom stereocenters. The van der Waals surface area contributed by atoms with Gasteiger partial charge in [0.15, 0.2) is 0 Å². The fourth-order valence-electron chi connectivity index (χ4n) is 1.22. The van der Waals surface area contributed by atoms with E-state index in [-0.39, 0.29) is 0 Å². The zero-order chi connectivity index (χ0) is 12.0. The first kappa shape index (κ1) is 12.7. The molecule has 0 fully saturated rings. The minimum atomic E-state index is 1.17. The maximum atomic E-state index is 4.23. The van der Waals surface area contributed by atoms with Crippen LogP contribution in [0.5, 0.6) is 0 Å². The minimum Gasteiger partial charge on any atom is -0.247 e. The molecule has 1 aromatic heterocycles. The van der Waals surface area contributed by atoms with E-state index >= 15 is 0 Å². The first-order valence-electron chi connectivity index (χ1n) is 5.21. The van der Waals surface area contributed by atoms with Crippen LogP contribution in [0.3, 0.4) is 0 Å². The summed E-state index contributed by atoms with van der Waals surface area (Å²) in [6.45, 7) is 9.80. The Hall–Kier alpha value is -1.41. The van der Waals surface area contributed by atoms with Crippen molar-refractivity contribution in [3.63, 3.8) is 0 Å². The molecule has 84 valence electrons. The Morgan fingerprint density at radius 3 is 2.00 bits per heavy atom. The van der Waals surface area contributed by atoms with Crippen LogP contribution in [0.25, 0.3) is 6.08 Å². The Bertz CT molecular complexity index is 424. The molecule has 1 nitrogen and oxygen atoms in total. The zero-order valence-corrected chi connectivity index (χ0v) is 10.8. The van der Waals surface area contributed by atoms with E-state index in [0.717, 1.165) is 0 Å². The summed E-state index contributed by atoms with van der Waals surface area (Å²) >= 11 is 1.76. The summed E-state index contributed by atoms with van der Waals surface area (Å²) in [5.74, 6) is 0. The molecule has 0 bridgehead atoms. The molecule has 0 saturated heterocycles. The van der Waals surface area contributed by atoms with Crippen LogP contribution in [0, 0.1) is 20.8 Å². The molecule has 0 aliphatic heterocycles. The molecule has 2 rings (SSSR count). The van der Waals surface area contributed by atoms with E-state index < -0.39 is 0 Å². The molecular weight excluding hydrogens is 214 g/mol. The van der Waals surface area contributed by atoms with E-state index in [2.05, 4.69) is 18.5 Å². The lowest BCUT2D eigenvalue weighted by molar-refractivity contribution is 1.18. The van der Waals surface area contributed by atoms with Gasteiger partial charge < -0.3 is 0 Å². The lowest BCUT2D eigenvalue weighted by atomic mass is 10.2. The van der Waals surface area contributed by atoms with Crippen molar-refractivity contribution >= 4 is 17.4 Å². The predicted molar refractivity (Wildman–Crippen MR) is 72.9 cm³/mol. The van der Waals surface area contributed by atoms with Gasteiger partial charge in [-0.05, 0) is 26.3 Å². The van der Waals surface area contributed by atoms with Gasteiger partial charge in [0.05, 0.1) is 10.7 Å². The van der Waals surface area contributed by atoms with Gasteiger partial charge in [-0.25, -0.2) is 4.98 Å². The van der Waals surface area contributed by atoms with E-state index in [9.17, 15) is 0 Å². The van der Waals surface area contributed by atoms with Crippen LogP contribution >= 0.6 is 11.3 Å². The molecule has 0 amide bonds. The van der Waals surface area contributed by atoms with Crippen LogP contribution in [0.2, 0.25) is 0 Å². The maximum absolute atomic E-state index is 4.23. The Kier molecular flexibility index (Phi) is 4.93. The van der Waals surface area contributed by atoms with Crippen LogP contribution in [0.15, 0.2) is 36.9 Å². The highest BCUT2D eigenvalue weighted by atomic mass is 32.1. The average molecular weight is 231 g/mol. The van der Waals surface area contributed by atoms with Crippen LogP contribution < -0.4 is 0 Å². The number of hydrogen-bond acceptors (Lipinski definition) is 2. The SMILES string of the molecule is C=Cc1ccccc1.Cc1nc(C)c(C)s1. The van der Waals surface area contributed by atoms with Crippen molar-refractivity contribution in [1.82, 2.24) is 4.98 Å². The van der Waals surface area contributed by atoms with Crippen LogP contribution in [-0.2, 0) is 0 Å². The first-order valence-corrected chi connectivity index (χ1v) is 6.03. The van der Waals surface area contributed by atoms with Crippen molar-refractivity contribution in [2.75, 3.05) is 0 Å². The van der Waals surface area contributed by atoms with Crippen molar-refractivity contribution in [3.8, 4) is 0 Å². The summed E-state index contributed by atoms with van der Waals surface area (Å²) in [6, 6.07) is 10.0. The molecule has 0 N–H and O–H groups in total. The normalized spacial score (nSPS) is 9.19. The van der Waals surface area contributed by atoms with Gasteiger partial charge in [0.25, 0.3) is 0 Å². The number of aryl methyl sites for hydroxylation is 3. The molecule has 2 heteroatoms. The van der Waals surface area contributed by atoms with Gasteiger partial charge in [0, 0.05) is 4.88 Å². The van der Waals surface area contributed by atoms with E-state index in [1.54, 1.807) is 11.3 Å². The van der Waals surface area contributed by atoms with E-state index in [0.29, 0.717) is 0 Å². The number of rotatable bonds is 1. The number of benzene rings is 1. The van der Waals surface area contributed by atoms with Crippen molar-refractivity contribution in [2.45, 2.75) is 20.8 Å². The highest BCUT2D eigenvalue weighted by molar-refractivity contribution is 7.11. The number of aromatic nitrogens is 1. The third-order valence-electron chi connectivity index (χ3n) is 2.17. The van der Waals surface area contributed by atoms with Crippen LogP contribution in [-0.4, -0.2) is 4.98 Å². The standard InChI is InChI=1S/C8H8.C6H9NS/c1-2-8-6-4-3-5-7-8;1-4-5(2)8-6(3)7-4/h2-7H,1H2;1-3H3. The Labute approximate surface area is 101 Å². The molecule has 0 spiro atoms. The quantitative estimate of drug-likeness (QED) is 0.709. The minimum absolute atomic E-state index is 1.17. The lowest BCUT2D eigenvalue weighted by Gasteiger charge is -1.85. The van der Waals surface area contributed by atoms with Gasteiger partial charge in [-0.1, -0.05) is 43.0 Å². The monoisotopic (exact) mass is 231 g/mol. The number of nitrogens with zero attached hydrogens (tertiary/aromatic N) is 1. The molecule has 0 radical (unpaired) electrons. The van der Waals surface area contributed by atoms with Crippen molar-refractivity contribution in [2.24, 2.45) is 0 Å². The van der Waals surface area contributed by atoms with Gasteiger partial charge in [-0.2, -0.15) is 0 Å². The topological polar surface area (TPSA) is 12.9 Å². The molecular formula is C14H17NS. The predicted octanol–water partition coefficient (Wildman–Crippen LogP) is 4.40. The second-order valence-corrected chi connectivity index (χ2v) is 4.90. The van der Waals surface area contributed by atoms with Crippen molar-refractivity contribution in [1.29, 1.82) is 0 Å². The molecule has 1 aromatic carbocycles. The lowest BCUT2D eigenvalue weighted by Crippen LogP contribution is -1.71. The molecule has 0 aliphatic rings. The van der Waals surface area contributed by atoms with Gasteiger partial charge in [-0.15, -0.1) is 11.3 Å². The summed E-state index contributed by atoms with van der Waals surface area (Å²) in [5, 5.41) is 1.17. The van der Waals surface area contributed by atoms with Gasteiger partial charge in [-0.3, -0.25) is 0 Å². The summed E-state index contributed by atoms with van der Waals surface area (Å²) in [6.07, 6.45) is 1.83. The molecule has 2 aromatic rings. The summed E-state index contributed by atoms with van der Waals surface area (Å²) in [4.78, 5) is 5.56. The Balaban J connectivity index is 0.000000160. The third kappa shape index (κ3) is 3.99. The van der Waals surface area contributed by atoms with Gasteiger partial charge in [0.2, 0.25) is 0 Å². The summed E-state index contributed by atoms with van der Waals surface area (Å²) in [5.41, 5.74) is 2.35. The highest BCUT2D eigenvalue weighted by Crippen LogP contribution is 2.14. The summed E-state index contributed by atoms with van der Waals surface area (Å²) < 4.78 is 0. The third-order valence-corrected chi connectivity index (χ3v) is 3.16. The van der Waals surface area contributed by atoms with E-state index in [1.165, 1.54) is 21.1 Å². The highest BCUT2D eigenvalue weighted by Gasteiger charge is 1.95. The second-order valence-electron chi connectivity index (χ2n) is 3.49. The van der Waals surface area contributed by atoms with Gasteiger partial charge >= 0.3 is 0 Å². The molecule has 0 saturated carbocycles. The van der Waals surface area contributed by atoms with E-state index in [4.69, 9.17) is 0 Å². The maximum Gasteiger partial charge on any atom is 0.0899 e. The van der Waals surface area contributed by atoms with Crippen molar-refractivity contribution < 1.29 is 0 Å². The van der Waals surface area contributed by atoms with Crippen molar-refractivity contribution in [3.05, 3.63) is 58.1 Å². The zero-order valence-electron chi connectivity index (χ0n) is 10.0. The summed E-state index contributed by atoms with van der Waals surface area (Å²) in [7, 11) is 0.